The molecule has 122 valence electrons. The highest BCUT2D eigenvalue weighted by molar-refractivity contribution is 6.74. The Morgan fingerprint density at radius 3 is 2.10 bits per heavy atom. The lowest BCUT2D eigenvalue weighted by Crippen LogP contribution is -2.44. The second-order valence-electron chi connectivity index (χ2n) is 8.65. The van der Waals surface area contributed by atoms with Gasteiger partial charge in [0.05, 0.1) is 6.61 Å². The molecule has 0 heterocycles. The van der Waals surface area contributed by atoms with Crippen LogP contribution in [0.4, 0.5) is 0 Å². The molecule has 0 radical (unpaired) electrons. The van der Waals surface area contributed by atoms with Gasteiger partial charge in [-0.05, 0) is 45.3 Å². The van der Waals surface area contributed by atoms with Gasteiger partial charge in [0.2, 0.25) is 0 Å². The van der Waals surface area contributed by atoms with Crippen LogP contribution >= 0.6 is 0 Å². The monoisotopic (exact) mass is 314 g/mol. The molecule has 0 aromatic heterocycles. The molecule has 1 saturated carbocycles. The number of rotatable bonds is 5. The fraction of sp³-hybridized carbons (Fsp3) is 0.875. The number of carbonyl (C=O) groups is 2. The predicted molar refractivity (Wildman–Crippen MR) is 85.6 cm³/mol. The SMILES string of the molecule is CC(C)(C)OC(=O)[C@]1(CO[Si](C)(C)C(C)(C)C)C[C@@H]1C=O. The van der Waals surface area contributed by atoms with Crippen molar-refractivity contribution in [2.24, 2.45) is 11.3 Å². The minimum absolute atomic E-state index is 0.0771. The molecule has 5 heteroatoms. The van der Waals surface area contributed by atoms with Crippen LogP contribution in [0.5, 0.6) is 0 Å². The van der Waals surface area contributed by atoms with Crippen molar-refractivity contribution in [1.29, 1.82) is 0 Å². The number of esters is 1. The maximum atomic E-state index is 12.4. The summed E-state index contributed by atoms with van der Waals surface area (Å²) in [6, 6.07) is 0. The minimum atomic E-state index is -1.95. The fourth-order valence-corrected chi connectivity index (χ4v) is 2.93. The Morgan fingerprint density at radius 1 is 1.24 bits per heavy atom. The third-order valence-electron chi connectivity index (χ3n) is 4.60. The topological polar surface area (TPSA) is 52.6 Å². The summed E-state index contributed by atoms with van der Waals surface area (Å²) in [6.07, 6.45) is 1.40. The van der Waals surface area contributed by atoms with E-state index < -0.39 is 19.3 Å². The highest BCUT2D eigenvalue weighted by atomic mass is 28.4. The summed E-state index contributed by atoms with van der Waals surface area (Å²) in [6.45, 7) is 16.6. The van der Waals surface area contributed by atoms with Gasteiger partial charge in [-0.3, -0.25) is 4.79 Å². The molecule has 4 nitrogen and oxygen atoms in total. The van der Waals surface area contributed by atoms with E-state index in [1.807, 2.05) is 20.8 Å². The van der Waals surface area contributed by atoms with E-state index in [9.17, 15) is 9.59 Å². The molecule has 0 aliphatic heterocycles. The van der Waals surface area contributed by atoms with E-state index in [0.717, 1.165) is 6.29 Å². The lowest BCUT2D eigenvalue weighted by Gasteiger charge is -2.37. The van der Waals surface area contributed by atoms with Crippen LogP contribution < -0.4 is 0 Å². The third kappa shape index (κ3) is 4.16. The molecule has 1 rings (SSSR count). The van der Waals surface area contributed by atoms with Gasteiger partial charge in [0, 0.05) is 5.92 Å². The van der Waals surface area contributed by atoms with E-state index in [0.29, 0.717) is 13.0 Å². The van der Waals surface area contributed by atoms with Crippen molar-refractivity contribution in [2.45, 2.75) is 71.7 Å². The van der Waals surface area contributed by atoms with Crippen LogP contribution in [-0.2, 0) is 18.8 Å². The second-order valence-corrected chi connectivity index (χ2v) is 13.5. The average Bonchev–Trinajstić information content (AvgIpc) is 2.98. The number of carbonyl (C=O) groups excluding carboxylic acids is 2. The zero-order chi connectivity index (χ0) is 16.7. The highest BCUT2D eigenvalue weighted by Gasteiger charge is 2.63. The van der Waals surface area contributed by atoms with Crippen molar-refractivity contribution in [3.8, 4) is 0 Å². The summed E-state index contributed by atoms with van der Waals surface area (Å²) >= 11 is 0. The van der Waals surface area contributed by atoms with Crippen LogP contribution in [0, 0.1) is 11.3 Å². The Kier molecular flexibility index (Phi) is 4.81. The predicted octanol–water partition coefficient (Wildman–Crippen LogP) is 3.56. The smallest absolute Gasteiger partial charge is 0.315 e. The van der Waals surface area contributed by atoms with Crippen LogP contribution in [0.25, 0.3) is 0 Å². The van der Waals surface area contributed by atoms with Gasteiger partial charge in [-0.25, -0.2) is 0 Å². The van der Waals surface area contributed by atoms with Crippen LogP contribution in [0.2, 0.25) is 18.1 Å². The summed E-state index contributed by atoms with van der Waals surface area (Å²) in [4.78, 5) is 23.6. The van der Waals surface area contributed by atoms with E-state index in [2.05, 4.69) is 33.9 Å². The molecular formula is C16H30O4Si. The normalized spacial score (nSPS) is 26.4. The minimum Gasteiger partial charge on any atom is -0.459 e. The molecule has 0 aromatic carbocycles. The highest BCUT2D eigenvalue weighted by Crippen LogP contribution is 2.54. The molecule has 0 amide bonds. The van der Waals surface area contributed by atoms with Gasteiger partial charge in [0.25, 0.3) is 0 Å². The van der Waals surface area contributed by atoms with Gasteiger partial charge in [-0.15, -0.1) is 0 Å². The van der Waals surface area contributed by atoms with Crippen molar-refractivity contribution < 1.29 is 18.8 Å². The molecule has 1 fully saturated rings. The molecule has 2 atom stereocenters. The van der Waals surface area contributed by atoms with E-state index in [1.54, 1.807) is 0 Å². The Hall–Kier alpha value is -0.683. The average molecular weight is 314 g/mol. The lowest BCUT2D eigenvalue weighted by molar-refractivity contribution is -0.164. The van der Waals surface area contributed by atoms with Crippen molar-refractivity contribution in [3.63, 3.8) is 0 Å². The van der Waals surface area contributed by atoms with Crippen LogP contribution in [0.1, 0.15) is 48.0 Å². The van der Waals surface area contributed by atoms with Gasteiger partial charge in [-0.1, -0.05) is 20.8 Å². The number of ether oxygens (including phenoxy) is 1. The number of aldehydes is 1. The van der Waals surface area contributed by atoms with Gasteiger partial charge in [0.1, 0.15) is 17.3 Å². The van der Waals surface area contributed by atoms with Crippen LogP contribution in [0.3, 0.4) is 0 Å². The van der Waals surface area contributed by atoms with Crippen molar-refractivity contribution >= 4 is 20.6 Å². The summed E-state index contributed by atoms with van der Waals surface area (Å²) < 4.78 is 11.7. The van der Waals surface area contributed by atoms with E-state index >= 15 is 0 Å². The number of hydrogen-bond donors (Lipinski definition) is 0. The van der Waals surface area contributed by atoms with Crippen LogP contribution in [0.15, 0.2) is 0 Å². The maximum absolute atomic E-state index is 12.4. The summed E-state index contributed by atoms with van der Waals surface area (Å²) in [7, 11) is -1.95. The molecule has 1 aliphatic rings. The van der Waals surface area contributed by atoms with E-state index in [1.165, 1.54) is 0 Å². The lowest BCUT2D eigenvalue weighted by atomic mass is 10.1. The molecular weight excluding hydrogens is 284 g/mol. The fourth-order valence-electron chi connectivity index (χ4n) is 1.88. The molecule has 0 unspecified atom stereocenters. The second kappa shape index (κ2) is 5.50. The van der Waals surface area contributed by atoms with Gasteiger partial charge in [-0.2, -0.15) is 0 Å². The number of hydrogen-bond acceptors (Lipinski definition) is 4. The first kappa shape index (κ1) is 18.4. The molecule has 0 bridgehead atoms. The first-order valence-corrected chi connectivity index (χ1v) is 10.5. The van der Waals surface area contributed by atoms with Crippen molar-refractivity contribution in [3.05, 3.63) is 0 Å². The first-order valence-electron chi connectivity index (χ1n) is 7.58. The zero-order valence-electron chi connectivity index (χ0n) is 14.7. The Labute approximate surface area is 129 Å². The van der Waals surface area contributed by atoms with Gasteiger partial charge < -0.3 is 14.0 Å². The van der Waals surface area contributed by atoms with Gasteiger partial charge >= 0.3 is 5.97 Å². The van der Waals surface area contributed by atoms with E-state index in [4.69, 9.17) is 9.16 Å². The van der Waals surface area contributed by atoms with Gasteiger partial charge in [0.15, 0.2) is 8.32 Å². The maximum Gasteiger partial charge on any atom is 0.315 e. The molecule has 21 heavy (non-hydrogen) atoms. The van der Waals surface area contributed by atoms with Crippen molar-refractivity contribution in [1.82, 2.24) is 0 Å². The summed E-state index contributed by atoms with van der Waals surface area (Å²) in [5, 5.41) is 0.0771. The molecule has 0 aromatic rings. The first-order chi connectivity index (χ1) is 9.25. The quantitative estimate of drug-likeness (QED) is 0.442. The summed E-state index contributed by atoms with van der Waals surface area (Å²) in [5.41, 5.74) is -1.30. The Morgan fingerprint density at radius 2 is 1.76 bits per heavy atom. The van der Waals surface area contributed by atoms with E-state index in [-0.39, 0.29) is 16.9 Å². The van der Waals surface area contributed by atoms with Crippen LogP contribution in [-0.4, -0.2) is 32.8 Å². The Bertz CT molecular complexity index is 417. The molecule has 0 N–H and O–H groups in total. The summed E-state index contributed by atoms with van der Waals surface area (Å²) in [5.74, 6) is -0.567. The third-order valence-corrected chi connectivity index (χ3v) is 9.08. The molecule has 1 aliphatic carbocycles. The molecule has 0 saturated heterocycles. The Balaban J connectivity index is 2.81. The molecule has 0 spiro atoms. The van der Waals surface area contributed by atoms with Crippen molar-refractivity contribution in [2.75, 3.05) is 6.61 Å². The zero-order valence-corrected chi connectivity index (χ0v) is 15.7. The largest absolute Gasteiger partial charge is 0.459 e. The standard InChI is InChI=1S/C16H30O4Si/c1-14(2,3)20-13(18)16(9-12(16)10-17)11-19-21(7,8)15(4,5)6/h10,12H,9,11H2,1-8H3/t12-,16+/m1/s1.